The molecule has 0 aromatic rings. The van der Waals surface area contributed by atoms with Crippen molar-refractivity contribution in [1.29, 1.82) is 0 Å². The van der Waals surface area contributed by atoms with Gasteiger partial charge in [0, 0.05) is 45.3 Å². The lowest BCUT2D eigenvalue weighted by Crippen LogP contribution is -2.21. The van der Waals surface area contributed by atoms with Crippen LogP contribution in [-0.2, 0) is 23.9 Å². The quantitative estimate of drug-likeness (QED) is 0.252. The van der Waals surface area contributed by atoms with Crippen LogP contribution in [0, 0.1) is 17.8 Å². The lowest BCUT2D eigenvalue weighted by molar-refractivity contribution is -0.141. The van der Waals surface area contributed by atoms with E-state index in [2.05, 4.69) is 4.74 Å². The lowest BCUT2D eigenvalue weighted by Gasteiger charge is -2.19. The summed E-state index contributed by atoms with van der Waals surface area (Å²) in [7, 11) is 3.06. The highest BCUT2D eigenvalue weighted by Gasteiger charge is 2.40. The standard InChI is InChI=1S/C23H38O6/c1-17(15-23(27)29-3)9-6-7-11-19-20(22(26)16-21(19)25)13-12-18(24)10-5-4-8-14-28-2/h6-7,17,19-20,22,26H,4-5,8-16H2,1-3H3/b7-6-. The summed E-state index contributed by atoms with van der Waals surface area (Å²) in [4.78, 5) is 35.7. The molecule has 6 heteroatoms. The van der Waals surface area contributed by atoms with Crippen molar-refractivity contribution in [2.45, 2.75) is 77.2 Å². The minimum Gasteiger partial charge on any atom is -0.469 e. The summed E-state index contributed by atoms with van der Waals surface area (Å²) in [5, 5.41) is 10.3. The van der Waals surface area contributed by atoms with E-state index in [0.29, 0.717) is 32.1 Å². The number of ether oxygens (including phenoxy) is 2. The second-order valence-corrected chi connectivity index (χ2v) is 8.22. The van der Waals surface area contributed by atoms with E-state index in [1.54, 1.807) is 7.11 Å². The predicted molar refractivity (Wildman–Crippen MR) is 111 cm³/mol. The van der Waals surface area contributed by atoms with Crippen molar-refractivity contribution in [3.63, 3.8) is 0 Å². The Balaban J connectivity index is 2.39. The molecule has 0 saturated heterocycles. The average molecular weight is 411 g/mol. The molecule has 0 heterocycles. The Hall–Kier alpha value is -1.53. The number of hydrogen-bond donors (Lipinski definition) is 1. The van der Waals surface area contributed by atoms with Gasteiger partial charge in [0.1, 0.15) is 11.6 Å². The van der Waals surface area contributed by atoms with Crippen LogP contribution < -0.4 is 0 Å². The molecule has 1 saturated carbocycles. The van der Waals surface area contributed by atoms with Gasteiger partial charge in [0.05, 0.1) is 13.2 Å². The Bertz CT molecular complexity index is 541. The minimum absolute atomic E-state index is 0.0850. The molecule has 0 aliphatic heterocycles. The number of rotatable bonds is 15. The fourth-order valence-corrected chi connectivity index (χ4v) is 3.94. The van der Waals surface area contributed by atoms with Gasteiger partial charge < -0.3 is 14.6 Å². The van der Waals surface area contributed by atoms with Crippen LogP contribution in [0.25, 0.3) is 0 Å². The van der Waals surface area contributed by atoms with Gasteiger partial charge in [-0.3, -0.25) is 14.4 Å². The first-order valence-corrected chi connectivity index (χ1v) is 10.8. The summed E-state index contributed by atoms with van der Waals surface area (Å²) in [5.74, 6) is -0.102. The predicted octanol–water partition coefficient (Wildman–Crippen LogP) is 3.64. The molecular weight excluding hydrogens is 372 g/mol. The summed E-state index contributed by atoms with van der Waals surface area (Å²) < 4.78 is 9.67. The molecule has 1 aliphatic carbocycles. The summed E-state index contributed by atoms with van der Waals surface area (Å²) in [6.07, 6.45) is 9.57. The van der Waals surface area contributed by atoms with Crippen LogP contribution in [0.1, 0.15) is 71.1 Å². The summed E-state index contributed by atoms with van der Waals surface area (Å²) >= 11 is 0. The average Bonchev–Trinajstić information content (AvgIpc) is 2.95. The second-order valence-electron chi connectivity index (χ2n) is 8.22. The van der Waals surface area contributed by atoms with Crippen LogP contribution in [0.4, 0.5) is 0 Å². The Labute approximate surface area is 175 Å². The Morgan fingerprint density at radius 2 is 1.93 bits per heavy atom. The van der Waals surface area contributed by atoms with E-state index < -0.39 is 6.10 Å². The maximum Gasteiger partial charge on any atom is 0.305 e. The zero-order valence-corrected chi connectivity index (χ0v) is 18.2. The van der Waals surface area contributed by atoms with Gasteiger partial charge in [-0.15, -0.1) is 0 Å². The molecule has 1 fully saturated rings. The van der Waals surface area contributed by atoms with Gasteiger partial charge in [-0.2, -0.15) is 0 Å². The zero-order valence-electron chi connectivity index (χ0n) is 18.2. The Kier molecular flexibility index (Phi) is 12.7. The van der Waals surface area contributed by atoms with Gasteiger partial charge >= 0.3 is 5.97 Å². The van der Waals surface area contributed by atoms with Crippen LogP contribution in [-0.4, -0.2) is 49.6 Å². The highest BCUT2D eigenvalue weighted by Crippen LogP contribution is 2.35. The molecule has 0 bridgehead atoms. The van der Waals surface area contributed by atoms with E-state index in [9.17, 15) is 19.5 Å². The summed E-state index contributed by atoms with van der Waals surface area (Å²) in [6, 6.07) is 0. The van der Waals surface area contributed by atoms with Crippen molar-refractivity contribution in [3.05, 3.63) is 12.2 Å². The van der Waals surface area contributed by atoms with E-state index >= 15 is 0 Å². The molecule has 4 atom stereocenters. The van der Waals surface area contributed by atoms with Crippen molar-refractivity contribution in [1.82, 2.24) is 0 Å². The van der Waals surface area contributed by atoms with E-state index in [4.69, 9.17) is 4.74 Å². The maximum absolute atomic E-state index is 12.3. The van der Waals surface area contributed by atoms with Crippen molar-refractivity contribution in [2.24, 2.45) is 17.8 Å². The zero-order chi connectivity index (χ0) is 21.6. The number of Topliss-reactive ketones (excluding diaryl/α,β-unsaturated/α-hetero) is 2. The number of allylic oxidation sites excluding steroid dienone is 2. The van der Waals surface area contributed by atoms with Gasteiger partial charge in [0.2, 0.25) is 0 Å². The van der Waals surface area contributed by atoms with Gasteiger partial charge in [-0.1, -0.05) is 25.5 Å². The largest absolute Gasteiger partial charge is 0.469 e. The molecule has 1 rings (SSSR count). The fraction of sp³-hybridized carbons (Fsp3) is 0.783. The molecule has 1 N–H and O–H groups in total. The topological polar surface area (TPSA) is 89.9 Å². The molecule has 0 amide bonds. The third-order valence-corrected chi connectivity index (χ3v) is 5.73. The first kappa shape index (κ1) is 25.5. The normalized spacial score (nSPS) is 22.9. The molecule has 6 nitrogen and oxygen atoms in total. The molecule has 4 unspecified atom stereocenters. The van der Waals surface area contributed by atoms with Crippen LogP contribution in [0.3, 0.4) is 0 Å². The van der Waals surface area contributed by atoms with Crippen molar-refractivity contribution in [3.8, 4) is 0 Å². The van der Waals surface area contributed by atoms with E-state index in [1.807, 2.05) is 19.1 Å². The highest BCUT2D eigenvalue weighted by atomic mass is 16.5. The number of hydrogen-bond acceptors (Lipinski definition) is 6. The monoisotopic (exact) mass is 410 g/mol. The number of carbonyl (C=O) groups is 3. The number of ketones is 2. The van der Waals surface area contributed by atoms with Gasteiger partial charge in [0.15, 0.2) is 0 Å². The maximum atomic E-state index is 12.3. The van der Waals surface area contributed by atoms with Crippen LogP contribution in [0.15, 0.2) is 12.2 Å². The number of aliphatic hydroxyl groups excluding tert-OH is 1. The number of carbonyl (C=O) groups excluding carboxylic acids is 3. The molecule has 29 heavy (non-hydrogen) atoms. The molecular formula is C23H38O6. The van der Waals surface area contributed by atoms with Crippen molar-refractivity contribution in [2.75, 3.05) is 20.8 Å². The molecule has 1 aliphatic rings. The Morgan fingerprint density at radius 3 is 2.62 bits per heavy atom. The molecule has 0 spiro atoms. The molecule has 166 valence electrons. The second kappa shape index (κ2) is 14.5. The van der Waals surface area contributed by atoms with Crippen molar-refractivity contribution >= 4 is 17.5 Å². The number of aliphatic hydroxyl groups is 1. The Morgan fingerprint density at radius 1 is 1.17 bits per heavy atom. The summed E-state index contributed by atoms with van der Waals surface area (Å²) in [6.45, 7) is 2.71. The number of methoxy groups -OCH3 is 2. The first-order chi connectivity index (χ1) is 13.9. The lowest BCUT2D eigenvalue weighted by atomic mass is 9.86. The highest BCUT2D eigenvalue weighted by molar-refractivity contribution is 5.84. The van der Waals surface area contributed by atoms with Crippen LogP contribution >= 0.6 is 0 Å². The van der Waals surface area contributed by atoms with Crippen LogP contribution in [0.5, 0.6) is 0 Å². The van der Waals surface area contributed by atoms with Gasteiger partial charge in [0.25, 0.3) is 0 Å². The summed E-state index contributed by atoms with van der Waals surface area (Å²) in [5.41, 5.74) is 0. The molecule has 0 aromatic carbocycles. The van der Waals surface area contributed by atoms with Gasteiger partial charge in [-0.25, -0.2) is 0 Å². The van der Waals surface area contributed by atoms with E-state index in [1.165, 1.54) is 7.11 Å². The smallest absolute Gasteiger partial charge is 0.305 e. The number of unbranched alkanes of at least 4 members (excludes halogenated alkanes) is 2. The SMILES string of the molecule is COCCCCCC(=O)CCC1C(O)CC(=O)C1C/C=C\CC(C)CC(=O)OC. The van der Waals surface area contributed by atoms with E-state index in [-0.39, 0.29) is 41.7 Å². The first-order valence-electron chi connectivity index (χ1n) is 10.8. The third kappa shape index (κ3) is 10.2. The number of esters is 1. The molecule has 0 radical (unpaired) electrons. The third-order valence-electron chi connectivity index (χ3n) is 5.73. The molecule has 0 aromatic heterocycles. The van der Waals surface area contributed by atoms with E-state index in [0.717, 1.165) is 32.3 Å². The fourth-order valence-electron chi connectivity index (χ4n) is 3.94. The minimum atomic E-state index is -0.645. The van der Waals surface area contributed by atoms with Crippen molar-refractivity contribution < 1.29 is 29.0 Å². The van der Waals surface area contributed by atoms with Gasteiger partial charge in [-0.05, 0) is 43.9 Å². The van der Waals surface area contributed by atoms with Crippen LogP contribution in [0.2, 0.25) is 0 Å².